The van der Waals surface area contributed by atoms with Gasteiger partial charge in [-0.1, -0.05) is 43.7 Å². The first-order chi connectivity index (χ1) is 13.3. The number of hydrogen-bond donors (Lipinski definition) is 1. The van der Waals surface area contributed by atoms with Crippen LogP contribution in [0.25, 0.3) is 0 Å². The van der Waals surface area contributed by atoms with Crippen LogP contribution >= 0.6 is 0 Å². The number of rotatable bonds is 5. The lowest BCUT2D eigenvalue weighted by molar-refractivity contribution is -0.137. The molecule has 3 amide bonds. The van der Waals surface area contributed by atoms with Crippen LogP contribution in [0.1, 0.15) is 44.2 Å². The maximum absolute atomic E-state index is 12.9. The molecule has 0 aromatic heterocycles. The fraction of sp³-hybridized carbons (Fsp3) is 0.591. The van der Waals surface area contributed by atoms with Gasteiger partial charge in [-0.05, 0) is 25.3 Å². The first-order valence-corrected chi connectivity index (χ1v) is 10.3. The molecule has 2 fully saturated rings. The first-order valence-electron chi connectivity index (χ1n) is 10.3. The maximum atomic E-state index is 12.9. The van der Waals surface area contributed by atoms with Gasteiger partial charge in [0, 0.05) is 44.6 Å². The summed E-state index contributed by atoms with van der Waals surface area (Å²) in [4.78, 5) is 40.8. The molecule has 0 saturated carbocycles. The maximum Gasteiger partial charge on any atom is 0.227 e. The highest BCUT2D eigenvalue weighted by Gasteiger charge is 2.37. The van der Waals surface area contributed by atoms with Gasteiger partial charge in [0.15, 0.2) is 0 Å². The molecule has 1 N–H and O–H groups in total. The second-order valence-corrected chi connectivity index (χ2v) is 8.42. The molecule has 2 saturated heterocycles. The van der Waals surface area contributed by atoms with Crippen LogP contribution in [0, 0.1) is 18.8 Å². The molecule has 0 spiro atoms. The van der Waals surface area contributed by atoms with Gasteiger partial charge in [0.2, 0.25) is 17.7 Å². The van der Waals surface area contributed by atoms with Crippen molar-refractivity contribution in [2.24, 2.45) is 11.8 Å². The van der Waals surface area contributed by atoms with Crippen LogP contribution in [0.3, 0.4) is 0 Å². The van der Waals surface area contributed by atoms with Crippen molar-refractivity contribution in [3.63, 3.8) is 0 Å². The normalized spacial score (nSPS) is 20.7. The summed E-state index contributed by atoms with van der Waals surface area (Å²) >= 11 is 0. The number of piperidine rings is 1. The third kappa shape index (κ3) is 4.91. The van der Waals surface area contributed by atoms with Crippen LogP contribution in [0.5, 0.6) is 0 Å². The number of nitrogens with one attached hydrogen (secondary N) is 1. The predicted octanol–water partition coefficient (Wildman–Crippen LogP) is 2.11. The van der Waals surface area contributed by atoms with E-state index in [9.17, 15) is 14.4 Å². The summed E-state index contributed by atoms with van der Waals surface area (Å²) in [5.74, 6) is -0.0762. The quantitative estimate of drug-likeness (QED) is 0.844. The Morgan fingerprint density at radius 3 is 2.39 bits per heavy atom. The molecular formula is C22H31N3O3. The third-order valence-corrected chi connectivity index (χ3v) is 5.74. The molecule has 3 rings (SSSR count). The Bertz CT molecular complexity index is 721. The number of nitrogens with zero attached hydrogens (tertiary/aromatic N) is 2. The first kappa shape index (κ1) is 20.4. The van der Waals surface area contributed by atoms with E-state index in [0.717, 1.165) is 18.4 Å². The Hall–Kier alpha value is -2.37. The summed E-state index contributed by atoms with van der Waals surface area (Å²) in [6.07, 6.45) is 1.85. The van der Waals surface area contributed by atoms with Crippen molar-refractivity contribution < 1.29 is 14.4 Å². The zero-order valence-electron chi connectivity index (χ0n) is 17.1. The molecule has 0 bridgehead atoms. The molecule has 6 nitrogen and oxygen atoms in total. The van der Waals surface area contributed by atoms with Crippen molar-refractivity contribution >= 4 is 17.7 Å². The van der Waals surface area contributed by atoms with Crippen molar-refractivity contribution in [2.45, 2.75) is 52.6 Å². The van der Waals surface area contributed by atoms with Gasteiger partial charge in [-0.2, -0.15) is 0 Å². The van der Waals surface area contributed by atoms with E-state index in [0.29, 0.717) is 32.6 Å². The summed E-state index contributed by atoms with van der Waals surface area (Å²) in [5.41, 5.74) is 2.28. The van der Waals surface area contributed by atoms with Gasteiger partial charge in [-0.25, -0.2) is 0 Å². The van der Waals surface area contributed by atoms with Crippen molar-refractivity contribution in [1.82, 2.24) is 15.1 Å². The zero-order chi connectivity index (χ0) is 20.3. The van der Waals surface area contributed by atoms with Crippen LogP contribution in [-0.2, 0) is 20.9 Å². The van der Waals surface area contributed by atoms with Crippen LogP contribution < -0.4 is 5.32 Å². The van der Waals surface area contributed by atoms with Gasteiger partial charge in [0.1, 0.15) is 0 Å². The SMILES string of the molecule is Cc1ccc(CN2C[C@@H](C(=O)N3CCC(NC(=O)C(C)C)CC3)CC2=O)cc1. The monoisotopic (exact) mass is 385 g/mol. The Morgan fingerprint density at radius 1 is 1.14 bits per heavy atom. The number of carbonyl (C=O) groups is 3. The molecule has 1 aromatic carbocycles. The van der Waals surface area contributed by atoms with E-state index in [4.69, 9.17) is 0 Å². The predicted molar refractivity (Wildman–Crippen MR) is 107 cm³/mol. The number of amides is 3. The molecule has 1 aromatic rings. The summed E-state index contributed by atoms with van der Waals surface area (Å²) in [6, 6.07) is 8.30. The largest absolute Gasteiger partial charge is 0.353 e. The van der Waals surface area contributed by atoms with Gasteiger partial charge >= 0.3 is 0 Å². The van der Waals surface area contributed by atoms with Gasteiger partial charge in [0.25, 0.3) is 0 Å². The van der Waals surface area contributed by atoms with Crippen molar-refractivity contribution in [2.75, 3.05) is 19.6 Å². The Balaban J connectivity index is 1.49. The van der Waals surface area contributed by atoms with E-state index in [1.807, 2.05) is 49.9 Å². The molecule has 0 unspecified atom stereocenters. The van der Waals surface area contributed by atoms with Gasteiger partial charge in [-0.15, -0.1) is 0 Å². The highest BCUT2D eigenvalue weighted by Crippen LogP contribution is 2.24. The minimum absolute atomic E-state index is 0.0244. The van der Waals surface area contributed by atoms with E-state index >= 15 is 0 Å². The average Bonchev–Trinajstić information content (AvgIpc) is 3.04. The van der Waals surface area contributed by atoms with Crippen molar-refractivity contribution in [3.05, 3.63) is 35.4 Å². The summed E-state index contributed by atoms with van der Waals surface area (Å²) in [5, 5.41) is 3.05. The minimum atomic E-state index is -0.250. The number of aryl methyl sites for hydroxylation is 1. The molecule has 2 aliphatic rings. The lowest BCUT2D eigenvalue weighted by Crippen LogP contribution is -2.49. The van der Waals surface area contributed by atoms with Crippen LogP contribution in [0.4, 0.5) is 0 Å². The lowest BCUT2D eigenvalue weighted by atomic mass is 10.0. The minimum Gasteiger partial charge on any atom is -0.353 e. The average molecular weight is 386 g/mol. The Kier molecular flexibility index (Phi) is 6.37. The van der Waals surface area contributed by atoms with Crippen LogP contribution in [0.15, 0.2) is 24.3 Å². The molecule has 2 heterocycles. The molecule has 152 valence electrons. The highest BCUT2D eigenvalue weighted by molar-refractivity contribution is 5.89. The number of carbonyl (C=O) groups excluding carboxylic acids is 3. The van der Waals surface area contributed by atoms with Crippen molar-refractivity contribution in [1.29, 1.82) is 0 Å². The van der Waals surface area contributed by atoms with Crippen LogP contribution in [-0.4, -0.2) is 53.2 Å². The number of hydrogen-bond acceptors (Lipinski definition) is 3. The molecule has 1 atom stereocenters. The second-order valence-electron chi connectivity index (χ2n) is 8.42. The van der Waals surface area contributed by atoms with Crippen molar-refractivity contribution in [3.8, 4) is 0 Å². The number of likely N-dealkylation sites (tertiary alicyclic amines) is 2. The van der Waals surface area contributed by atoms with Gasteiger partial charge in [-0.3, -0.25) is 14.4 Å². The molecular weight excluding hydrogens is 354 g/mol. The molecule has 28 heavy (non-hydrogen) atoms. The Morgan fingerprint density at radius 2 is 1.79 bits per heavy atom. The summed E-state index contributed by atoms with van der Waals surface area (Å²) in [7, 11) is 0. The Labute approximate surface area is 167 Å². The molecule has 0 radical (unpaired) electrons. The zero-order valence-corrected chi connectivity index (χ0v) is 17.1. The summed E-state index contributed by atoms with van der Waals surface area (Å²) < 4.78 is 0. The standard InChI is InChI=1S/C22H31N3O3/c1-15(2)21(27)23-19-8-10-24(11-9-19)22(28)18-12-20(26)25(14-18)13-17-6-4-16(3)5-7-17/h4-7,15,18-19H,8-14H2,1-3H3,(H,23,27)/t18-/m0/s1. The van der Waals surface area contributed by atoms with Gasteiger partial charge in [0.05, 0.1) is 5.92 Å². The highest BCUT2D eigenvalue weighted by atomic mass is 16.2. The fourth-order valence-electron chi connectivity index (χ4n) is 3.87. The van der Waals surface area contributed by atoms with Crippen LogP contribution in [0.2, 0.25) is 0 Å². The fourth-order valence-corrected chi connectivity index (χ4v) is 3.87. The van der Waals surface area contributed by atoms with E-state index in [-0.39, 0.29) is 35.6 Å². The van der Waals surface area contributed by atoms with E-state index < -0.39 is 0 Å². The van der Waals surface area contributed by atoms with E-state index in [2.05, 4.69) is 5.32 Å². The third-order valence-electron chi connectivity index (χ3n) is 5.74. The smallest absolute Gasteiger partial charge is 0.227 e. The summed E-state index contributed by atoms with van der Waals surface area (Å²) in [6.45, 7) is 8.15. The van der Waals surface area contributed by atoms with E-state index in [1.165, 1.54) is 5.56 Å². The van der Waals surface area contributed by atoms with E-state index in [1.54, 1.807) is 4.90 Å². The molecule has 0 aliphatic carbocycles. The molecule has 2 aliphatic heterocycles. The lowest BCUT2D eigenvalue weighted by Gasteiger charge is -2.34. The number of benzene rings is 1. The van der Waals surface area contributed by atoms with Gasteiger partial charge < -0.3 is 15.1 Å². The molecule has 6 heteroatoms. The second kappa shape index (κ2) is 8.76. The topological polar surface area (TPSA) is 69.7 Å².